The fraction of sp³-hybridized carbons (Fsp3) is 0.304. The number of H-pyrrole nitrogens is 1. The third-order valence-electron chi connectivity index (χ3n) is 5.70. The van der Waals surface area contributed by atoms with Crippen LogP contribution in [0, 0.1) is 11.3 Å². The molecule has 5 heteroatoms. The Bertz CT molecular complexity index is 1190. The zero-order valence-electron chi connectivity index (χ0n) is 16.6. The van der Waals surface area contributed by atoms with Crippen LogP contribution in [0.25, 0.3) is 10.9 Å². The summed E-state index contributed by atoms with van der Waals surface area (Å²) < 4.78 is 5.53. The second-order valence-corrected chi connectivity index (χ2v) is 8.36. The maximum Gasteiger partial charge on any atom is 0.195 e. The van der Waals surface area contributed by atoms with Gasteiger partial charge in [-0.25, -0.2) is 0 Å². The minimum Gasteiger partial charge on any atom is -0.496 e. The molecular formula is C23H22N2O3. The van der Waals surface area contributed by atoms with Crippen LogP contribution in [0.4, 0.5) is 0 Å². The molecule has 4 rings (SSSR count). The van der Waals surface area contributed by atoms with Crippen molar-refractivity contribution in [3.05, 3.63) is 63.8 Å². The van der Waals surface area contributed by atoms with Gasteiger partial charge >= 0.3 is 0 Å². The van der Waals surface area contributed by atoms with Gasteiger partial charge < -0.3 is 14.8 Å². The molecule has 1 aliphatic carbocycles. The molecule has 2 N–H and O–H groups in total. The molecule has 142 valence electrons. The predicted octanol–water partition coefficient (Wildman–Crippen LogP) is 4.15. The van der Waals surface area contributed by atoms with E-state index in [9.17, 15) is 15.2 Å². The van der Waals surface area contributed by atoms with E-state index in [1.165, 1.54) is 0 Å². The van der Waals surface area contributed by atoms with Crippen LogP contribution in [0.1, 0.15) is 66.0 Å². The lowest BCUT2D eigenvalue weighted by atomic mass is 9.70. The Morgan fingerprint density at radius 3 is 2.54 bits per heavy atom. The van der Waals surface area contributed by atoms with E-state index in [1.54, 1.807) is 39.2 Å². The standard InChI is InChI=1S/C23H22N2O3/c1-22(2)15-10-18(28-5)16(23(3,4)27)9-14(15)20(26)19-13-7-6-12(11-24)8-17(13)25-21(19)22/h6-10,25,27H,1-5H3. The van der Waals surface area contributed by atoms with Gasteiger partial charge in [-0.2, -0.15) is 5.26 Å². The van der Waals surface area contributed by atoms with Crippen LogP contribution in [0.15, 0.2) is 30.3 Å². The molecule has 0 fully saturated rings. The maximum absolute atomic E-state index is 13.5. The lowest BCUT2D eigenvalue weighted by Crippen LogP contribution is -2.31. The summed E-state index contributed by atoms with van der Waals surface area (Å²) in [4.78, 5) is 16.9. The van der Waals surface area contributed by atoms with Crippen LogP contribution >= 0.6 is 0 Å². The first-order chi connectivity index (χ1) is 13.1. The number of aliphatic hydroxyl groups is 1. The number of nitriles is 1. The molecule has 1 aromatic heterocycles. The Morgan fingerprint density at radius 2 is 1.93 bits per heavy atom. The molecule has 0 spiro atoms. The number of ketones is 1. The van der Waals surface area contributed by atoms with Crippen LogP contribution in [0.5, 0.6) is 5.75 Å². The molecular weight excluding hydrogens is 352 g/mol. The van der Waals surface area contributed by atoms with E-state index in [4.69, 9.17) is 4.74 Å². The molecule has 1 aliphatic rings. The van der Waals surface area contributed by atoms with Gasteiger partial charge in [-0.15, -0.1) is 0 Å². The van der Waals surface area contributed by atoms with Crippen LogP contribution in [-0.4, -0.2) is 23.0 Å². The number of aromatic amines is 1. The molecule has 0 unspecified atom stereocenters. The Hall–Kier alpha value is -3.10. The number of nitrogens with one attached hydrogen (secondary N) is 1. The first-order valence-electron chi connectivity index (χ1n) is 9.16. The normalized spacial score (nSPS) is 15.1. The Kier molecular flexibility index (Phi) is 3.72. The summed E-state index contributed by atoms with van der Waals surface area (Å²) in [5.41, 5.74) is 3.14. The van der Waals surface area contributed by atoms with Crippen molar-refractivity contribution in [2.75, 3.05) is 7.11 Å². The van der Waals surface area contributed by atoms with Crippen LogP contribution in [0.2, 0.25) is 0 Å². The van der Waals surface area contributed by atoms with E-state index >= 15 is 0 Å². The molecule has 0 radical (unpaired) electrons. The number of rotatable bonds is 2. The second-order valence-electron chi connectivity index (χ2n) is 8.36. The third kappa shape index (κ3) is 2.38. The third-order valence-corrected chi connectivity index (χ3v) is 5.70. The molecule has 0 aliphatic heterocycles. The average Bonchev–Trinajstić information content (AvgIpc) is 3.04. The SMILES string of the molecule is COc1cc2c(cc1C(C)(C)O)C(=O)c1c([nH]c3cc(C#N)ccc13)C2(C)C. The number of aromatic nitrogens is 1. The van der Waals surface area contributed by atoms with Crippen molar-refractivity contribution in [3.63, 3.8) is 0 Å². The minimum absolute atomic E-state index is 0.0894. The summed E-state index contributed by atoms with van der Waals surface area (Å²) in [6.07, 6.45) is 0. The van der Waals surface area contributed by atoms with Crippen LogP contribution < -0.4 is 4.74 Å². The highest BCUT2D eigenvalue weighted by atomic mass is 16.5. The first kappa shape index (κ1) is 18.3. The van der Waals surface area contributed by atoms with Gasteiger partial charge in [0.25, 0.3) is 0 Å². The van der Waals surface area contributed by atoms with Crippen molar-refractivity contribution < 1.29 is 14.6 Å². The minimum atomic E-state index is -1.15. The van der Waals surface area contributed by atoms with Crippen molar-refractivity contribution in [1.29, 1.82) is 5.26 Å². The van der Waals surface area contributed by atoms with E-state index in [1.807, 2.05) is 12.1 Å². The summed E-state index contributed by atoms with van der Waals surface area (Å²) in [6, 6.07) is 11.1. The second kappa shape index (κ2) is 5.70. The van der Waals surface area contributed by atoms with Crippen molar-refractivity contribution in [3.8, 4) is 11.8 Å². The number of nitrogens with zero attached hydrogens (tertiary/aromatic N) is 1. The highest BCUT2D eigenvalue weighted by Crippen LogP contribution is 2.46. The van der Waals surface area contributed by atoms with E-state index in [0.29, 0.717) is 28.0 Å². The number of benzene rings is 2. The lowest BCUT2D eigenvalue weighted by Gasteiger charge is -2.34. The van der Waals surface area contributed by atoms with Gasteiger partial charge in [-0.05, 0) is 43.7 Å². The number of hydrogen-bond donors (Lipinski definition) is 2. The predicted molar refractivity (Wildman–Crippen MR) is 107 cm³/mol. The van der Waals surface area contributed by atoms with Gasteiger partial charge in [0.15, 0.2) is 5.78 Å². The molecule has 0 saturated carbocycles. The fourth-order valence-corrected chi connectivity index (χ4v) is 4.17. The molecule has 5 nitrogen and oxygen atoms in total. The Labute approximate surface area is 163 Å². The Balaban J connectivity index is 2.06. The zero-order chi connectivity index (χ0) is 20.4. The molecule has 0 saturated heterocycles. The summed E-state index contributed by atoms with van der Waals surface area (Å²) in [5, 5.41) is 20.6. The summed E-state index contributed by atoms with van der Waals surface area (Å²) in [5.74, 6) is 0.465. The summed E-state index contributed by atoms with van der Waals surface area (Å²) in [6.45, 7) is 7.47. The molecule has 2 aromatic carbocycles. The van der Waals surface area contributed by atoms with Gasteiger partial charge in [-0.3, -0.25) is 4.79 Å². The van der Waals surface area contributed by atoms with E-state index in [-0.39, 0.29) is 5.78 Å². The van der Waals surface area contributed by atoms with Gasteiger partial charge in [0.05, 0.1) is 29.9 Å². The van der Waals surface area contributed by atoms with Crippen LogP contribution in [-0.2, 0) is 11.0 Å². The summed E-state index contributed by atoms with van der Waals surface area (Å²) in [7, 11) is 1.56. The zero-order valence-corrected chi connectivity index (χ0v) is 16.6. The van der Waals surface area contributed by atoms with E-state index in [2.05, 4.69) is 24.9 Å². The van der Waals surface area contributed by atoms with Crippen molar-refractivity contribution in [1.82, 2.24) is 4.98 Å². The number of ether oxygens (including phenoxy) is 1. The number of hydrogen-bond acceptors (Lipinski definition) is 4. The molecule has 0 bridgehead atoms. The number of carbonyl (C=O) groups is 1. The van der Waals surface area contributed by atoms with E-state index in [0.717, 1.165) is 22.2 Å². The number of methoxy groups -OCH3 is 1. The lowest BCUT2D eigenvalue weighted by molar-refractivity contribution is 0.0754. The number of fused-ring (bicyclic) bond motifs is 4. The van der Waals surface area contributed by atoms with Gasteiger partial charge in [0, 0.05) is 33.1 Å². The van der Waals surface area contributed by atoms with Gasteiger partial charge in [0.2, 0.25) is 0 Å². The Morgan fingerprint density at radius 1 is 1.21 bits per heavy atom. The molecule has 0 atom stereocenters. The number of carbonyl (C=O) groups excluding carboxylic acids is 1. The molecule has 0 amide bonds. The monoisotopic (exact) mass is 374 g/mol. The van der Waals surface area contributed by atoms with Gasteiger partial charge in [0.1, 0.15) is 5.75 Å². The van der Waals surface area contributed by atoms with Gasteiger partial charge in [-0.1, -0.05) is 19.9 Å². The average molecular weight is 374 g/mol. The van der Waals surface area contributed by atoms with Crippen molar-refractivity contribution in [2.45, 2.75) is 38.7 Å². The quantitative estimate of drug-likeness (QED) is 0.706. The largest absolute Gasteiger partial charge is 0.496 e. The fourth-order valence-electron chi connectivity index (χ4n) is 4.17. The molecule has 28 heavy (non-hydrogen) atoms. The van der Waals surface area contributed by atoms with Crippen molar-refractivity contribution in [2.24, 2.45) is 0 Å². The molecule has 1 heterocycles. The topological polar surface area (TPSA) is 86.1 Å². The first-order valence-corrected chi connectivity index (χ1v) is 9.16. The highest BCUT2D eigenvalue weighted by Gasteiger charge is 2.41. The highest BCUT2D eigenvalue weighted by molar-refractivity contribution is 6.20. The van der Waals surface area contributed by atoms with E-state index < -0.39 is 11.0 Å². The van der Waals surface area contributed by atoms with Crippen molar-refractivity contribution >= 4 is 16.7 Å². The molecule has 3 aromatic rings. The maximum atomic E-state index is 13.5. The smallest absolute Gasteiger partial charge is 0.195 e. The summed E-state index contributed by atoms with van der Waals surface area (Å²) >= 11 is 0. The van der Waals surface area contributed by atoms with Crippen LogP contribution in [0.3, 0.4) is 0 Å².